The SMILES string of the molecule is N#Cc1ccc(C(NS(=O)(=O)c2cc3cc(OCCN)cc(Cl)c3s2)P(=O)(O)O)cc1C(F)(F)F. The fourth-order valence-electron chi connectivity index (χ4n) is 3.05. The first kappa shape index (κ1) is 27.4. The van der Waals surface area contributed by atoms with E-state index >= 15 is 0 Å². The smallest absolute Gasteiger partial charge is 0.417 e. The number of ether oxygens (including phenoxy) is 1. The van der Waals surface area contributed by atoms with Gasteiger partial charge in [-0.25, -0.2) is 8.42 Å². The Labute approximate surface area is 206 Å². The third-order valence-corrected chi connectivity index (χ3v) is 9.33. The standard InChI is InChI=1S/C19H16ClF3N3O6PS2/c20-15-8-13(32-4-3-24)5-12-7-16(34-17(12)15)35(30,31)26-18(33(27,28)29)10-1-2-11(9-25)14(6-10)19(21,22)23/h1-2,5-8,18,26H,3-4,24H2,(H2,27,28,29). The molecule has 0 bridgehead atoms. The normalized spacial score (nSPS) is 13.5. The summed E-state index contributed by atoms with van der Waals surface area (Å²) < 4.78 is 85.2. The summed E-state index contributed by atoms with van der Waals surface area (Å²) in [7, 11) is -10.0. The van der Waals surface area contributed by atoms with Gasteiger partial charge in [-0.2, -0.15) is 23.2 Å². The number of alkyl halides is 3. The van der Waals surface area contributed by atoms with Gasteiger partial charge in [0.05, 0.1) is 26.9 Å². The number of thiophene rings is 1. The third kappa shape index (κ3) is 6.14. The lowest BCUT2D eigenvalue weighted by molar-refractivity contribution is -0.137. The number of nitrogens with zero attached hydrogens (tertiary/aromatic N) is 1. The Balaban J connectivity index is 2.05. The van der Waals surface area contributed by atoms with Gasteiger partial charge in [-0.05, 0) is 35.2 Å². The molecule has 3 aromatic rings. The van der Waals surface area contributed by atoms with Gasteiger partial charge in [0.25, 0.3) is 10.0 Å². The van der Waals surface area contributed by atoms with Gasteiger partial charge in [-0.1, -0.05) is 17.7 Å². The molecule has 0 saturated heterocycles. The Morgan fingerprint density at radius 1 is 1.26 bits per heavy atom. The quantitative estimate of drug-likeness (QED) is 0.296. The summed E-state index contributed by atoms with van der Waals surface area (Å²) in [5.41, 5.74) is 2.45. The first-order valence-corrected chi connectivity index (χ1v) is 13.8. The second-order valence-electron chi connectivity index (χ2n) is 7.05. The zero-order valence-corrected chi connectivity index (χ0v) is 20.6. The van der Waals surface area contributed by atoms with E-state index in [9.17, 15) is 35.9 Å². The average molecular weight is 570 g/mol. The summed E-state index contributed by atoms with van der Waals surface area (Å²) in [4.78, 5) is 19.5. The van der Waals surface area contributed by atoms with Crippen LogP contribution in [-0.2, 0) is 20.8 Å². The topological polar surface area (TPSA) is 163 Å². The molecule has 1 atom stereocenters. The number of rotatable bonds is 8. The van der Waals surface area contributed by atoms with E-state index in [-0.39, 0.29) is 18.2 Å². The van der Waals surface area contributed by atoms with Crippen LogP contribution in [0.5, 0.6) is 5.75 Å². The number of nitrogens with two attached hydrogens (primary N) is 1. The average Bonchev–Trinajstić information content (AvgIpc) is 3.20. The van der Waals surface area contributed by atoms with Crippen LogP contribution in [0.4, 0.5) is 13.2 Å². The molecule has 0 spiro atoms. The summed E-state index contributed by atoms with van der Waals surface area (Å²) in [6.07, 6.45) is -5.02. The number of sulfonamides is 1. The lowest BCUT2D eigenvalue weighted by Crippen LogP contribution is -2.28. The van der Waals surface area contributed by atoms with Crippen molar-refractivity contribution in [1.82, 2.24) is 4.72 Å². The number of nitrogens with one attached hydrogen (secondary N) is 1. The summed E-state index contributed by atoms with van der Waals surface area (Å²) in [5.74, 6) is -2.04. The van der Waals surface area contributed by atoms with Crippen molar-refractivity contribution >= 4 is 50.6 Å². The van der Waals surface area contributed by atoms with Gasteiger partial charge in [0.2, 0.25) is 0 Å². The zero-order chi connectivity index (χ0) is 26.2. The third-order valence-electron chi connectivity index (χ3n) is 4.56. The molecular formula is C19H16ClF3N3O6PS2. The van der Waals surface area contributed by atoms with Crippen molar-refractivity contribution in [3.05, 3.63) is 58.1 Å². The number of nitriles is 1. The predicted molar refractivity (Wildman–Crippen MR) is 123 cm³/mol. The lowest BCUT2D eigenvalue weighted by atomic mass is 10.0. The second-order valence-corrected chi connectivity index (χ2v) is 12.1. The minimum absolute atomic E-state index is 0.148. The minimum atomic E-state index is -5.37. The molecule has 3 rings (SSSR count). The number of hydrogen-bond acceptors (Lipinski definition) is 7. The highest BCUT2D eigenvalue weighted by molar-refractivity contribution is 7.92. The van der Waals surface area contributed by atoms with Gasteiger partial charge in [0, 0.05) is 12.6 Å². The molecule has 0 aliphatic heterocycles. The van der Waals surface area contributed by atoms with E-state index in [1.165, 1.54) is 24.3 Å². The fraction of sp³-hybridized carbons (Fsp3) is 0.211. The van der Waals surface area contributed by atoms with Crippen molar-refractivity contribution in [1.29, 1.82) is 5.26 Å². The van der Waals surface area contributed by atoms with E-state index in [0.717, 1.165) is 6.07 Å². The lowest BCUT2D eigenvalue weighted by Gasteiger charge is -2.21. The summed E-state index contributed by atoms with van der Waals surface area (Å²) in [5, 5.41) is 9.42. The summed E-state index contributed by atoms with van der Waals surface area (Å²) in [6.45, 7) is 0.394. The number of benzene rings is 2. The molecular weight excluding hydrogens is 554 g/mol. The Bertz CT molecular complexity index is 1470. The molecule has 188 valence electrons. The number of hydrogen-bond donors (Lipinski definition) is 4. The molecule has 1 heterocycles. The maximum atomic E-state index is 13.3. The first-order chi connectivity index (χ1) is 16.2. The maximum Gasteiger partial charge on any atom is 0.417 e. The maximum absolute atomic E-state index is 13.3. The van der Waals surface area contributed by atoms with Crippen molar-refractivity contribution in [3.63, 3.8) is 0 Å². The molecule has 2 aromatic carbocycles. The molecule has 0 radical (unpaired) electrons. The zero-order valence-electron chi connectivity index (χ0n) is 17.3. The van der Waals surface area contributed by atoms with Gasteiger partial charge in [0.1, 0.15) is 22.3 Å². The Morgan fingerprint density at radius 2 is 1.94 bits per heavy atom. The van der Waals surface area contributed by atoms with Crippen LogP contribution >= 0.6 is 30.5 Å². The molecule has 16 heteroatoms. The van der Waals surface area contributed by atoms with Crippen LogP contribution in [0, 0.1) is 11.3 Å². The van der Waals surface area contributed by atoms with Crippen molar-refractivity contribution in [2.24, 2.45) is 5.73 Å². The molecule has 0 aliphatic carbocycles. The summed E-state index contributed by atoms with van der Waals surface area (Å²) >= 11 is 6.88. The van der Waals surface area contributed by atoms with Gasteiger partial charge in [-0.15, -0.1) is 11.3 Å². The van der Waals surface area contributed by atoms with Crippen molar-refractivity contribution in [2.45, 2.75) is 16.2 Å². The monoisotopic (exact) mass is 569 g/mol. The Morgan fingerprint density at radius 3 is 2.51 bits per heavy atom. The summed E-state index contributed by atoms with van der Waals surface area (Å²) in [6, 6.07) is 7.31. The number of halogens is 4. The van der Waals surface area contributed by atoms with E-state index in [4.69, 9.17) is 27.3 Å². The molecule has 35 heavy (non-hydrogen) atoms. The Hall–Kier alpha value is -2.21. The molecule has 9 nitrogen and oxygen atoms in total. The minimum Gasteiger partial charge on any atom is -0.492 e. The molecule has 1 unspecified atom stereocenters. The van der Waals surface area contributed by atoms with Crippen LogP contribution in [0.2, 0.25) is 5.02 Å². The van der Waals surface area contributed by atoms with Crippen molar-refractivity contribution in [3.8, 4) is 11.8 Å². The van der Waals surface area contributed by atoms with Crippen LogP contribution in [0.25, 0.3) is 10.1 Å². The van der Waals surface area contributed by atoms with Crippen LogP contribution in [0.15, 0.2) is 40.6 Å². The van der Waals surface area contributed by atoms with Crippen LogP contribution < -0.4 is 15.2 Å². The highest BCUT2D eigenvalue weighted by Crippen LogP contribution is 2.51. The largest absolute Gasteiger partial charge is 0.492 e. The molecule has 0 amide bonds. The second kappa shape index (κ2) is 10.0. The van der Waals surface area contributed by atoms with Crippen LogP contribution in [0.1, 0.15) is 22.5 Å². The first-order valence-electron chi connectivity index (χ1n) is 9.42. The van der Waals surface area contributed by atoms with Crippen molar-refractivity contribution in [2.75, 3.05) is 13.2 Å². The molecule has 0 fully saturated rings. The van der Waals surface area contributed by atoms with E-state index < -0.39 is 50.5 Å². The van der Waals surface area contributed by atoms with Gasteiger partial charge < -0.3 is 20.3 Å². The molecule has 0 aliphatic rings. The predicted octanol–water partition coefficient (Wildman–Crippen LogP) is 3.94. The highest BCUT2D eigenvalue weighted by atomic mass is 35.5. The van der Waals surface area contributed by atoms with Crippen LogP contribution in [0.3, 0.4) is 0 Å². The van der Waals surface area contributed by atoms with E-state index in [1.54, 1.807) is 4.72 Å². The number of fused-ring (bicyclic) bond motifs is 1. The van der Waals surface area contributed by atoms with E-state index in [1.807, 2.05) is 0 Å². The molecule has 1 aromatic heterocycles. The molecule has 0 saturated carbocycles. The van der Waals surface area contributed by atoms with E-state index in [2.05, 4.69) is 0 Å². The van der Waals surface area contributed by atoms with Gasteiger partial charge in [-0.3, -0.25) is 4.57 Å². The van der Waals surface area contributed by atoms with Gasteiger partial charge >= 0.3 is 13.8 Å². The highest BCUT2D eigenvalue weighted by Gasteiger charge is 2.39. The van der Waals surface area contributed by atoms with E-state index in [0.29, 0.717) is 39.3 Å². The van der Waals surface area contributed by atoms with Gasteiger partial charge in [0.15, 0.2) is 0 Å². The molecule has 5 N–H and O–H groups in total. The Kier molecular flexibility index (Phi) is 7.85. The van der Waals surface area contributed by atoms with Crippen molar-refractivity contribution < 1.29 is 40.7 Å². The van der Waals surface area contributed by atoms with Crippen LogP contribution in [-0.4, -0.2) is 31.4 Å². The fourth-order valence-corrected chi connectivity index (χ4v) is 7.34.